The van der Waals surface area contributed by atoms with Crippen LogP contribution in [0.15, 0.2) is 24.3 Å². The summed E-state index contributed by atoms with van der Waals surface area (Å²) >= 11 is 0. The second-order valence-electron chi connectivity index (χ2n) is 8.65. The van der Waals surface area contributed by atoms with Crippen molar-refractivity contribution in [1.29, 1.82) is 0 Å². The lowest BCUT2D eigenvalue weighted by molar-refractivity contribution is 0.157. The second-order valence-corrected chi connectivity index (χ2v) is 8.65. The van der Waals surface area contributed by atoms with Gasteiger partial charge in [0.25, 0.3) is 0 Å². The van der Waals surface area contributed by atoms with Crippen molar-refractivity contribution in [2.75, 3.05) is 0 Å². The van der Waals surface area contributed by atoms with Gasteiger partial charge in [-0.1, -0.05) is 31.9 Å². The van der Waals surface area contributed by atoms with Crippen molar-refractivity contribution < 1.29 is 13.2 Å². The molecule has 3 heteroatoms. The van der Waals surface area contributed by atoms with Gasteiger partial charge < -0.3 is 0 Å². The summed E-state index contributed by atoms with van der Waals surface area (Å²) in [6.07, 6.45) is 17.9. The van der Waals surface area contributed by atoms with Gasteiger partial charge in [-0.25, -0.2) is 13.2 Å². The van der Waals surface area contributed by atoms with Crippen LogP contribution in [-0.4, -0.2) is 0 Å². The molecule has 0 radical (unpaired) electrons. The summed E-state index contributed by atoms with van der Waals surface area (Å²) in [7, 11) is 0. The normalized spacial score (nSPS) is 29.3. The van der Waals surface area contributed by atoms with E-state index < -0.39 is 17.5 Å². The van der Waals surface area contributed by atoms with Crippen LogP contribution >= 0.6 is 0 Å². The maximum atomic E-state index is 13.5. The minimum atomic E-state index is -1.35. The Hall–Kier alpha value is -1.25. The van der Waals surface area contributed by atoms with Gasteiger partial charge in [0.2, 0.25) is 0 Å². The van der Waals surface area contributed by atoms with Crippen molar-refractivity contribution in [3.05, 3.63) is 47.3 Å². The van der Waals surface area contributed by atoms with E-state index in [-0.39, 0.29) is 5.92 Å². The third kappa shape index (κ3) is 5.39. The molecule has 0 atom stereocenters. The summed E-state index contributed by atoms with van der Waals surface area (Å²) in [4.78, 5) is 0. The molecule has 27 heavy (non-hydrogen) atoms. The molecule has 0 aliphatic heterocycles. The van der Waals surface area contributed by atoms with Gasteiger partial charge in [0.15, 0.2) is 17.5 Å². The molecule has 2 aliphatic rings. The first-order valence-corrected chi connectivity index (χ1v) is 10.9. The van der Waals surface area contributed by atoms with Crippen LogP contribution < -0.4 is 0 Å². The van der Waals surface area contributed by atoms with Crippen LogP contribution in [0, 0.1) is 35.2 Å². The van der Waals surface area contributed by atoms with E-state index in [1.165, 1.54) is 50.7 Å². The molecule has 0 bridgehead atoms. The Bertz CT molecular complexity index is 598. The molecule has 2 saturated carbocycles. The summed E-state index contributed by atoms with van der Waals surface area (Å²) < 4.78 is 40.2. The van der Waals surface area contributed by atoms with Crippen LogP contribution in [0.1, 0.15) is 89.0 Å². The maximum absolute atomic E-state index is 13.5. The highest BCUT2D eigenvalue weighted by Gasteiger charge is 2.31. The highest BCUT2D eigenvalue weighted by molar-refractivity contribution is 5.23. The molecule has 2 fully saturated rings. The van der Waals surface area contributed by atoms with E-state index in [0.717, 1.165) is 49.9 Å². The fourth-order valence-corrected chi connectivity index (χ4v) is 5.30. The first-order chi connectivity index (χ1) is 13.1. The first-order valence-electron chi connectivity index (χ1n) is 10.9. The molecule has 0 unspecified atom stereocenters. The fraction of sp³-hybridized carbons (Fsp3) is 0.667. The van der Waals surface area contributed by atoms with Gasteiger partial charge in [-0.15, -0.1) is 0 Å². The minimum absolute atomic E-state index is 0.174. The fourth-order valence-electron chi connectivity index (χ4n) is 5.30. The molecule has 2 aliphatic carbocycles. The van der Waals surface area contributed by atoms with Crippen LogP contribution in [0.2, 0.25) is 0 Å². The molecule has 3 rings (SSSR count). The molecule has 1 aromatic carbocycles. The summed E-state index contributed by atoms with van der Waals surface area (Å²) in [5, 5.41) is 0. The molecule has 0 spiro atoms. The van der Waals surface area contributed by atoms with Crippen LogP contribution in [0.3, 0.4) is 0 Å². The Morgan fingerprint density at radius 3 is 1.93 bits per heavy atom. The molecular weight excluding hydrogens is 345 g/mol. The molecule has 0 saturated heterocycles. The van der Waals surface area contributed by atoms with E-state index in [4.69, 9.17) is 0 Å². The molecule has 0 amide bonds. The predicted molar refractivity (Wildman–Crippen MR) is 105 cm³/mol. The molecule has 0 heterocycles. The highest BCUT2D eigenvalue weighted by Crippen LogP contribution is 2.44. The van der Waals surface area contributed by atoms with Crippen LogP contribution in [0.4, 0.5) is 13.2 Å². The zero-order chi connectivity index (χ0) is 19.2. The maximum Gasteiger partial charge on any atom is 0.194 e. The van der Waals surface area contributed by atoms with Gasteiger partial charge in [-0.2, -0.15) is 0 Å². The van der Waals surface area contributed by atoms with Crippen molar-refractivity contribution in [2.24, 2.45) is 17.8 Å². The SMILES string of the molecule is CC/C=C/CCC1CCC(C2CCC(c3cc(F)c(F)c(F)c3)CC2)CC1. The van der Waals surface area contributed by atoms with E-state index in [1.807, 2.05) is 0 Å². The number of allylic oxidation sites excluding steroid dienone is 2. The largest absolute Gasteiger partial charge is 0.204 e. The Morgan fingerprint density at radius 1 is 0.815 bits per heavy atom. The van der Waals surface area contributed by atoms with E-state index >= 15 is 0 Å². The van der Waals surface area contributed by atoms with Crippen LogP contribution in [-0.2, 0) is 0 Å². The van der Waals surface area contributed by atoms with E-state index in [2.05, 4.69) is 19.1 Å². The lowest BCUT2D eigenvalue weighted by atomic mass is 9.68. The Labute approximate surface area is 162 Å². The average Bonchev–Trinajstić information content (AvgIpc) is 2.70. The first kappa shape index (κ1) is 20.5. The van der Waals surface area contributed by atoms with Gasteiger partial charge >= 0.3 is 0 Å². The quantitative estimate of drug-likeness (QED) is 0.348. The lowest BCUT2D eigenvalue weighted by Crippen LogP contribution is -2.25. The second kappa shape index (κ2) is 9.80. The molecule has 1 aromatic rings. The van der Waals surface area contributed by atoms with Crippen LogP contribution in [0.5, 0.6) is 0 Å². The van der Waals surface area contributed by atoms with Crippen molar-refractivity contribution >= 4 is 0 Å². The third-order valence-corrected chi connectivity index (χ3v) is 6.95. The number of rotatable bonds is 6. The Morgan fingerprint density at radius 2 is 1.37 bits per heavy atom. The van der Waals surface area contributed by atoms with Crippen LogP contribution in [0.25, 0.3) is 0 Å². The van der Waals surface area contributed by atoms with Crippen molar-refractivity contribution in [3.63, 3.8) is 0 Å². The molecule has 150 valence electrons. The molecular formula is C24H33F3. The molecule has 0 aromatic heterocycles. The standard InChI is InChI=1S/C24H33F3/c1-2-3-4-5-6-17-7-9-18(10-8-17)19-11-13-20(14-12-19)21-15-22(25)24(27)23(26)16-21/h3-4,15-20H,2,5-14H2,1H3/b4-3+. The van der Waals surface area contributed by atoms with Crippen molar-refractivity contribution in [2.45, 2.75) is 83.5 Å². The van der Waals surface area contributed by atoms with E-state index in [1.54, 1.807) is 0 Å². The molecule has 0 nitrogen and oxygen atoms in total. The van der Waals surface area contributed by atoms with Gasteiger partial charge in [-0.05, 0) is 99.2 Å². The summed E-state index contributed by atoms with van der Waals surface area (Å²) in [5.74, 6) is -0.808. The lowest BCUT2D eigenvalue weighted by Gasteiger charge is -2.38. The Balaban J connectivity index is 1.44. The zero-order valence-electron chi connectivity index (χ0n) is 16.5. The third-order valence-electron chi connectivity index (χ3n) is 6.95. The van der Waals surface area contributed by atoms with Gasteiger partial charge in [-0.3, -0.25) is 0 Å². The minimum Gasteiger partial charge on any atom is -0.204 e. The van der Waals surface area contributed by atoms with Gasteiger partial charge in [0, 0.05) is 0 Å². The number of hydrogen-bond acceptors (Lipinski definition) is 0. The van der Waals surface area contributed by atoms with Crippen molar-refractivity contribution in [1.82, 2.24) is 0 Å². The molecule has 0 N–H and O–H groups in total. The van der Waals surface area contributed by atoms with E-state index in [0.29, 0.717) is 5.56 Å². The Kier molecular flexibility index (Phi) is 7.43. The smallest absolute Gasteiger partial charge is 0.194 e. The number of halogens is 3. The number of benzene rings is 1. The topological polar surface area (TPSA) is 0 Å². The van der Waals surface area contributed by atoms with Gasteiger partial charge in [0.1, 0.15) is 0 Å². The monoisotopic (exact) mass is 378 g/mol. The summed E-state index contributed by atoms with van der Waals surface area (Å²) in [6, 6.07) is 2.39. The van der Waals surface area contributed by atoms with E-state index in [9.17, 15) is 13.2 Å². The van der Waals surface area contributed by atoms with Gasteiger partial charge in [0.05, 0.1) is 0 Å². The summed E-state index contributed by atoms with van der Waals surface area (Å²) in [6.45, 7) is 2.18. The summed E-state index contributed by atoms with van der Waals surface area (Å²) in [5.41, 5.74) is 0.633. The zero-order valence-corrected chi connectivity index (χ0v) is 16.5. The number of hydrogen-bond donors (Lipinski definition) is 0. The highest BCUT2D eigenvalue weighted by atomic mass is 19.2. The van der Waals surface area contributed by atoms with Crippen molar-refractivity contribution in [3.8, 4) is 0 Å². The average molecular weight is 379 g/mol. The predicted octanol–water partition coefficient (Wildman–Crippen LogP) is 7.93.